The molecule has 6 nitrogen and oxygen atoms in total. The molecule has 1 heterocycles. The molecule has 0 bridgehead atoms. The summed E-state index contributed by atoms with van der Waals surface area (Å²) in [5.41, 5.74) is 5.39. The van der Waals surface area contributed by atoms with Crippen molar-refractivity contribution in [1.29, 1.82) is 0 Å². The lowest BCUT2D eigenvalue weighted by Gasteiger charge is -2.06. The van der Waals surface area contributed by atoms with Crippen LogP contribution in [0.2, 0.25) is 0 Å². The van der Waals surface area contributed by atoms with Crippen molar-refractivity contribution in [1.82, 2.24) is 9.97 Å². The third-order valence-electron chi connectivity index (χ3n) is 1.47. The second-order valence-electron chi connectivity index (χ2n) is 2.58. The Morgan fingerprint density at radius 2 is 2.47 bits per heavy atom. The van der Waals surface area contributed by atoms with Crippen molar-refractivity contribution in [2.45, 2.75) is 6.92 Å². The highest BCUT2D eigenvalue weighted by Crippen LogP contribution is 2.18. The van der Waals surface area contributed by atoms with Crippen LogP contribution in [0.5, 0.6) is 0 Å². The van der Waals surface area contributed by atoms with Crippen molar-refractivity contribution in [3.63, 3.8) is 0 Å². The molecule has 1 aromatic heterocycles. The number of carbonyl (C=O) groups excluding carboxylic acids is 1. The molecule has 0 spiro atoms. The van der Waals surface area contributed by atoms with Gasteiger partial charge in [-0.05, 0) is 22.9 Å². The number of nitrogen functional groups attached to an aromatic ring is 1. The molecule has 1 rings (SSSR count). The number of hydrogen-bond donors (Lipinski definition) is 2. The van der Waals surface area contributed by atoms with Crippen LogP contribution in [0.1, 0.15) is 6.92 Å². The van der Waals surface area contributed by atoms with Crippen LogP contribution >= 0.6 is 15.9 Å². The van der Waals surface area contributed by atoms with E-state index >= 15 is 0 Å². The summed E-state index contributed by atoms with van der Waals surface area (Å²) in [6, 6.07) is 0. The third-order valence-corrected chi connectivity index (χ3v) is 2.05. The van der Waals surface area contributed by atoms with Crippen LogP contribution in [0.15, 0.2) is 10.7 Å². The van der Waals surface area contributed by atoms with Gasteiger partial charge in [-0.2, -0.15) is 4.98 Å². The molecule has 0 saturated carbocycles. The maximum atomic E-state index is 11.0. The molecule has 0 fully saturated rings. The molecule has 0 saturated heterocycles. The topological polar surface area (TPSA) is 90.1 Å². The minimum absolute atomic E-state index is 0.0445. The van der Waals surface area contributed by atoms with Crippen molar-refractivity contribution in [3.8, 4) is 0 Å². The highest BCUT2D eigenvalue weighted by atomic mass is 79.9. The SMILES string of the molecule is CCOC(=O)CNc1nc(N)ncc1Br. The number of rotatable bonds is 4. The molecule has 0 amide bonds. The number of halogens is 1. The molecular weight excluding hydrogens is 264 g/mol. The van der Waals surface area contributed by atoms with E-state index in [4.69, 9.17) is 10.5 Å². The molecule has 0 aliphatic heterocycles. The van der Waals surface area contributed by atoms with Crippen LogP contribution in [0.25, 0.3) is 0 Å². The van der Waals surface area contributed by atoms with Gasteiger partial charge in [0.05, 0.1) is 11.1 Å². The molecule has 0 radical (unpaired) electrons. The zero-order valence-corrected chi connectivity index (χ0v) is 9.74. The van der Waals surface area contributed by atoms with Gasteiger partial charge in [-0.15, -0.1) is 0 Å². The summed E-state index contributed by atoms with van der Waals surface area (Å²) < 4.78 is 5.38. The fourth-order valence-electron chi connectivity index (χ4n) is 0.873. The lowest BCUT2D eigenvalue weighted by atomic mass is 10.5. The molecule has 0 atom stereocenters. The second kappa shape index (κ2) is 5.50. The molecule has 7 heteroatoms. The first-order valence-corrected chi connectivity index (χ1v) is 5.10. The average molecular weight is 275 g/mol. The van der Waals surface area contributed by atoms with Crippen LogP contribution < -0.4 is 11.1 Å². The number of nitrogens with one attached hydrogen (secondary N) is 1. The van der Waals surface area contributed by atoms with E-state index in [-0.39, 0.29) is 18.5 Å². The predicted molar refractivity (Wildman–Crippen MR) is 59.3 cm³/mol. The molecule has 0 unspecified atom stereocenters. The Labute approximate surface area is 95.4 Å². The zero-order valence-electron chi connectivity index (χ0n) is 8.16. The predicted octanol–water partition coefficient (Wildman–Crippen LogP) is 0.796. The summed E-state index contributed by atoms with van der Waals surface area (Å²) in [7, 11) is 0. The minimum atomic E-state index is -0.346. The summed E-state index contributed by atoms with van der Waals surface area (Å²) in [6.07, 6.45) is 1.51. The number of nitrogens with two attached hydrogens (primary N) is 1. The maximum absolute atomic E-state index is 11.0. The molecule has 15 heavy (non-hydrogen) atoms. The summed E-state index contributed by atoms with van der Waals surface area (Å²) in [4.78, 5) is 18.7. The zero-order chi connectivity index (χ0) is 11.3. The van der Waals surface area contributed by atoms with Crippen molar-refractivity contribution in [2.75, 3.05) is 24.2 Å². The Bertz CT molecular complexity index is 358. The van der Waals surface area contributed by atoms with Gasteiger partial charge < -0.3 is 15.8 Å². The van der Waals surface area contributed by atoms with E-state index in [1.807, 2.05) is 0 Å². The van der Waals surface area contributed by atoms with Gasteiger partial charge in [-0.25, -0.2) is 4.98 Å². The van der Waals surface area contributed by atoms with E-state index < -0.39 is 0 Å². The smallest absolute Gasteiger partial charge is 0.325 e. The molecule has 3 N–H and O–H groups in total. The molecule has 82 valence electrons. The number of nitrogens with zero attached hydrogens (tertiary/aromatic N) is 2. The monoisotopic (exact) mass is 274 g/mol. The molecule has 1 aromatic rings. The third kappa shape index (κ3) is 3.70. The fraction of sp³-hybridized carbons (Fsp3) is 0.375. The van der Waals surface area contributed by atoms with E-state index in [0.717, 1.165) is 0 Å². The lowest BCUT2D eigenvalue weighted by molar-refractivity contribution is -0.140. The Morgan fingerprint density at radius 3 is 3.13 bits per heavy atom. The van der Waals surface area contributed by atoms with Gasteiger partial charge in [0, 0.05) is 6.20 Å². The summed E-state index contributed by atoms with van der Waals surface area (Å²) in [5, 5.41) is 2.79. The van der Waals surface area contributed by atoms with Gasteiger partial charge in [-0.1, -0.05) is 0 Å². The van der Waals surface area contributed by atoms with E-state index in [0.29, 0.717) is 16.9 Å². The largest absolute Gasteiger partial charge is 0.465 e. The van der Waals surface area contributed by atoms with Crippen molar-refractivity contribution in [3.05, 3.63) is 10.7 Å². The van der Waals surface area contributed by atoms with Gasteiger partial charge in [0.15, 0.2) is 0 Å². The maximum Gasteiger partial charge on any atom is 0.325 e. The van der Waals surface area contributed by atoms with Crippen molar-refractivity contribution < 1.29 is 9.53 Å². The average Bonchev–Trinajstić information content (AvgIpc) is 2.20. The van der Waals surface area contributed by atoms with Crippen molar-refractivity contribution >= 4 is 33.7 Å². The van der Waals surface area contributed by atoms with E-state index in [1.165, 1.54) is 6.20 Å². The van der Waals surface area contributed by atoms with Crippen molar-refractivity contribution in [2.24, 2.45) is 0 Å². The molecule has 0 aromatic carbocycles. The van der Waals surface area contributed by atoms with E-state index in [2.05, 4.69) is 31.2 Å². The van der Waals surface area contributed by atoms with Gasteiger partial charge in [0.2, 0.25) is 5.95 Å². The Hall–Kier alpha value is -1.37. The first kappa shape index (κ1) is 11.7. The summed E-state index contributed by atoms with van der Waals surface area (Å²) in [5.74, 6) is 0.265. The lowest BCUT2D eigenvalue weighted by Crippen LogP contribution is -2.18. The number of hydrogen-bond acceptors (Lipinski definition) is 6. The quantitative estimate of drug-likeness (QED) is 0.790. The first-order valence-electron chi connectivity index (χ1n) is 4.31. The molecule has 0 aliphatic carbocycles. The van der Waals surface area contributed by atoms with Crippen LogP contribution in [-0.2, 0) is 9.53 Å². The normalized spacial score (nSPS) is 9.73. The number of aromatic nitrogens is 2. The van der Waals surface area contributed by atoms with E-state index in [1.54, 1.807) is 6.92 Å². The van der Waals surface area contributed by atoms with Crippen LogP contribution in [-0.4, -0.2) is 29.1 Å². The Kier molecular flexibility index (Phi) is 4.29. The fourth-order valence-corrected chi connectivity index (χ4v) is 1.20. The van der Waals surface area contributed by atoms with Gasteiger partial charge in [0.1, 0.15) is 12.4 Å². The number of anilines is 2. The standard InChI is InChI=1S/C8H11BrN4O2/c1-2-15-6(14)4-11-7-5(9)3-12-8(10)13-7/h3H,2,4H2,1H3,(H3,10,11,12,13). The van der Waals surface area contributed by atoms with Crippen LogP contribution in [0, 0.1) is 0 Å². The first-order chi connectivity index (χ1) is 7.13. The van der Waals surface area contributed by atoms with Gasteiger partial charge >= 0.3 is 5.97 Å². The minimum Gasteiger partial charge on any atom is -0.465 e. The number of carbonyl (C=O) groups is 1. The number of ether oxygens (including phenoxy) is 1. The Morgan fingerprint density at radius 1 is 1.73 bits per heavy atom. The van der Waals surface area contributed by atoms with Crippen LogP contribution in [0.4, 0.5) is 11.8 Å². The Balaban J connectivity index is 2.57. The highest BCUT2D eigenvalue weighted by Gasteiger charge is 2.06. The molecule has 0 aliphatic rings. The second-order valence-corrected chi connectivity index (χ2v) is 3.44. The summed E-state index contributed by atoms with van der Waals surface area (Å²) in [6.45, 7) is 2.15. The molecular formula is C8H11BrN4O2. The number of esters is 1. The van der Waals surface area contributed by atoms with Gasteiger partial charge in [0.25, 0.3) is 0 Å². The van der Waals surface area contributed by atoms with Gasteiger partial charge in [-0.3, -0.25) is 4.79 Å². The highest BCUT2D eigenvalue weighted by molar-refractivity contribution is 9.10. The van der Waals surface area contributed by atoms with Crippen LogP contribution in [0.3, 0.4) is 0 Å². The van der Waals surface area contributed by atoms with E-state index in [9.17, 15) is 4.79 Å². The summed E-state index contributed by atoms with van der Waals surface area (Å²) >= 11 is 3.22.